The van der Waals surface area contributed by atoms with Crippen molar-refractivity contribution in [3.63, 3.8) is 0 Å². The van der Waals surface area contributed by atoms with Crippen LogP contribution >= 0.6 is 0 Å². The predicted octanol–water partition coefficient (Wildman–Crippen LogP) is 1.28. The van der Waals surface area contributed by atoms with Crippen LogP contribution in [-0.2, 0) is 6.54 Å². The molecule has 0 fully saturated rings. The number of rotatable bonds is 3. The first-order valence-corrected chi connectivity index (χ1v) is 5.33. The van der Waals surface area contributed by atoms with Crippen molar-refractivity contribution in [3.05, 3.63) is 36.0 Å². The van der Waals surface area contributed by atoms with E-state index in [0.717, 1.165) is 0 Å². The number of carbonyl (C=O) groups is 1. The lowest BCUT2D eigenvalue weighted by Crippen LogP contribution is -2.28. The van der Waals surface area contributed by atoms with Gasteiger partial charge in [-0.1, -0.05) is 5.16 Å². The van der Waals surface area contributed by atoms with Crippen molar-refractivity contribution in [1.29, 1.82) is 0 Å². The first-order chi connectivity index (χ1) is 8.63. The molecule has 0 saturated carbocycles. The molecule has 2 aromatic rings. The highest BCUT2D eigenvalue weighted by Gasteiger charge is 2.05. The summed E-state index contributed by atoms with van der Waals surface area (Å²) in [6.45, 7) is 1.89. The smallest absolute Gasteiger partial charge is 0.319 e. The van der Waals surface area contributed by atoms with Crippen LogP contribution in [0.15, 0.2) is 28.8 Å². The lowest BCUT2D eigenvalue weighted by Gasteiger charge is -2.05. The second-order valence-electron chi connectivity index (χ2n) is 3.67. The molecule has 4 N–H and O–H groups in total. The summed E-state index contributed by atoms with van der Waals surface area (Å²) in [5.74, 6) is 0.894. The molecular formula is C11H13N5O2. The standard InChI is InChI=1S/C11H13N5O2/c1-7-14-10(18-16-7)6-13-11(17)15-9-4-2-8(12)3-5-9/h2-5H,6,12H2,1H3,(H2,13,15,17). The van der Waals surface area contributed by atoms with Gasteiger partial charge in [-0.25, -0.2) is 4.79 Å². The molecule has 0 bridgehead atoms. The summed E-state index contributed by atoms with van der Waals surface area (Å²) >= 11 is 0. The van der Waals surface area contributed by atoms with E-state index in [1.165, 1.54) is 0 Å². The average Bonchev–Trinajstić information content (AvgIpc) is 2.76. The highest BCUT2D eigenvalue weighted by Crippen LogP contribution is 2.10. The first-order valence-electron chi connectivity index (χ1n) is 5.33. The summed E-state index contributed by atoms with van der Waals surface area (Å²) in [5.41, 5.74) is 6.84. The summed E-state index contributed by atoms with van der Waals surface area (Å²) in [5, 5.41) is 8.87. The molecule has 0 saturated heterocycles. The van der Waals surface area contributed by atoms with Crippen molar-refractivity contribution >= 4 is 17.4 Å². The normalized spacial score (nSPS) is 10.1. The number of amides is 2. The lowest BCUT2D eigenvalue weighted by atomic mass is 10.3. The molecule has 0 spiro atoms. The summed E-state index contributed by atoms with van der Waals surface area (Å²) in [7, 11) is 0. The van der Waals surface area contributed by atoms with Crippen LogP contribution in [-0.4, -0.2) is 16.2 Å². The van der Waals surface area contributed by atoms with Gasteiger partial charge in [-0.2, -0.15) is 4.98 Å². The third-order valence-corrected chi connectivity index (χ3v) is 2.14. The van der Waals surface area contributed by atoms with Gasteiger partial charge in [0, 0.05) is 11.4 Å². The molecule has 0 aliphatic rings. The minimum atomic E-state index is -0.351. The van der Waals surface area contributed by atoms with Crippen molar-refractivity contribution < 1.29 is 9.32 Å². The van der Waals surface area contributed by atoms with Gasteiger partial charge in [-0.15, -0.1) is 0 Å². The molecule has 94 valence electrons. The summed E-state index contributed by atoms with van der Waals surface area (Å²) in [4.78, 5) is 15.5. The number of benzene rings is 1. The van der Waals surface area contributed by atoms with Crippen LogP contribution in [0.4, 0.5) is 16.2 Å². The van der Waals surface area contributed by atoms with Crippen LogP contribution in [0.3, 0.4) is 0 Å². The van der Waals surface area contributed by atoms with E-state index in [1.54, 1.807) is 31.2 Å². The fourth-order valence-electron chi connectivity index (χ4n) is 1.31. The first kappa shape index (κ1) is 11.9. The summed E-state index contributed by atoms with van der Waals surface area (Å²) in [6.07, 6.45) is 0. The number of aromatic nitrogens is 2. The largest absolute Gasteiger partial charge is 0.399 e. The molecule has 0 aliphatic heterocycles. The van der Waals surface area contributed by atoms with Crippen molar-refractivity contribution in [2.24, 2.45) is 0 Å². The topological polar surface area (TPSA) is 106 Å². The number of nitrogens with zero attached hydrogens (tertiary/aromatic N) is 2. The molecule has 1 aromatic carbocycles. The van der Waals surface area contributed by atoms with E-state index < -0.39 is 0 Å². The van der Waals surface area contributed by atoms with E-state index in [0.29, 0.717) is 23.1 Å². The van der Waals surface area contributed by atoms with Crippen LogP contribution in [0.25, 0.3) is 0 Å². The predicted molar refractivity (Wildman–Crippen MR) is 65.7 cm³/mol. The highest BCUT2D eigenvalue weighted by molar-refractivity contribution is 5.89. The van der Waals surface area contributed by atoms with Crippen molar-refractivity contribution in [1.82, 2.24) is 15.5 Å². The molecule has 2 rings (SSSR count). The number of carbonyl (C=O) groups excluding carboxylic acids is 1. The number of aryl methyl sites for hydroxylation is 1. The van der Waals surface area contributed by atoms with Gasteiger partial charge in [0.25, 0.3) is 0 Å². The summed E-state index contributed by atoms with van der Waals surface area (Å²) < 4.78 is 4.86. The quantitative estimate of drug-likeness (QED) is 0.708. The number of anilines is 2. The van der Waals surface area contributed by atoms with Gasteiger partial charge in [0.05, 0.1) is 6.54 Å². The fourth-order valence-corrected chi connectivity index (χ4v) is 1.31. The Labute approximate surface area is 103 Å². The van der Waals surface area contributed by atoms with Crippen LogP contribution < -0.4 is 16.4 Å². The van der Waals surface area contributed by atoms with E-state index in [2.05, 4.69) is 20.8 Å². The molecule has 0 atom stereocenters. The minimum Gasteiger partial charge on any atom is -0.399 e. The number of hydrogen-bond acceptors (Lipinski definition) is 5. The average molecular weight is 247 g/mol. The van der Waals surface area contributed by atoms with E-state index in [4.69, 9.17) is 10.3 Å². The number of hydrogen-bond donors (Lipinski definition) is 3. The Morgan fingerprint density at radius 3 is 2.72 bits per heavy atom. The molecule has 7 heteroatoms. The second-order valence-corrected chi connectivity index (χ2v) is 3.67. The number of nitrogens with one attached hydrogen (secondary N) is 2. The van der Waals surface area contributed by atoms with Crippen LogP contribution in [0.1, 0.15) is 11.7 Å². The fraction of sp³-hybridized carbons (Fsp3) is 0.182. The van der Waals surface area contributed by atoms with Gasteiger partial charge < -0.3 is 20.9 Å². The Hall–Kier alpha value is -2.57. The monoisotopic (exact) mass is 247 g/mol. The van der Waals surface area contributed by atoms with Crippen LogP contribution in [0, 0.1) is 6.92 Å². The molecule has 0 radical (unpaired) electrons. The third kappa shape index (κ3) is 3.21. The zero-order valence-corrected chi connectivity index (χ0v) is 9.80. The second kappa shape index (κ2) is 5.17. The summed E-state index contributed by atoms with van der Waals surface area (Å²) in [6, 6.07) is 6.49. The maximum absolute atomic E-state index is 11.5. The molecule has 2 amide bonds. The van der Waals surface area contributed by atoms with Gasteiger partial charge in [-0.05, 0) is 31.2 Å². The van der Waals surface area contributed by atoms with Gasteiger partial charge >= 0.3 is 6.03 Å². The maximum atomic E-state index is 11.5. The third-order valence-electron chi connectivity index (χ3n) is 2.14. The van der Waals surface area contributed by atoms with E-state index >= 15 is 0 Å². The maximum Gasteiger partial charge on any atom is 0.319 e. The molecular weight excluding hydrogens is 234 g/mol. The van der Waals surface area contributed by atoms with Crippen molar-refractivity contribution in [2.45, 2.75) is 13.5 Å². The van der Waals surface area contributed by atoms with Crippen LogP contribution in [0.5, 0.6) is 0 Å². The van der Waals surface area contributed by atoms with Crippen LogP contribution in [0.2, 0.25) is 0 Å². The molecule has 1 aromatic heterocycles. The molecule has 0 aliphatic carbocycles. The van der Waals surface area contributed by atoms with Gasteiger partial charge in [0.2, 0.25) is 5.89 Å². The Balaban J connectivity index is 1.83. The van der Waals surface area contributed by atoms with Crippen molar-refractivity contribution in [3.8, 4) is 0 Å². The number of urea groups is 1. The molecule has 1 heterocycles. The SMILES string of the molecule is Cc1noc(CNC(=O)Nc2ccc(N)cc2)n1. The Morgan fingerprint density at radius 1 is 1.39 bits per heavy atom. The van der Waals surface area contributed by atoms with E-state index in [-0.39, 0.29) is 12.6 Å². The van der Waals surface area contributed by atoms with Gasteiger partial charge in [0.1, 0.15) is 0 Å². The Bertz CT molecular complexity index is 535. The number of nitrogen functional groups attached to an aromatic ring is 1. The molecule has 0 unspecified atom stereocenters. The lowest BCUT2D eigenvalue weighted by molar-refractivity contribution is 0.249. The zero-order valence-electron chi connectivity index (χ0n) is 9.80. The Kier molecular flexibility index (Phi) is 3.42. The highest BCUT2D eigenvalue weighted by atomic mass is 16.5. The van der Waals surface area contributed by atoms with Gasteiger partial charge in [-0.3, -0.25) is 0 Å². The van der Waals surface area contributed by atoms with Crippen molar-refractivity contribution in [2.75, 3.05) is 11.1 Å². The Morgan fingerprint density at radius 2 is 2.11 bits per heavy atom. The van der Waals surface area contributed by atoms with Gasteiger partial charge in [0.15, 0.2) is 5.82 Å². The number of nitrogens with two attached hydrogens (primary N) is 1. The minimum absolute atomic E-state index is 0.182. The molecule has 18 heavy (non-hydrogen) atoms. The zero-order chi connectivity index (χ0) is 13.0. The van der Waals surface area contributed by atoms with E-state index in [1.807, 2.05) is 0 Å². The van der Waals surface area contributed by atoms with E-state index in [9.17, 15) is 4.79 Å². The molecule has 7 nitrogen and oxygen atoms in total.